The molecule has 0 radical (unpaired) electrons. The van der Waals surface area contributed by atoms with E-state index in [2.05, 4.69) is 5.32 Å². The summed E-state index contributed by atoms with van der Waals surface area (Å²) in [7, 11) is -0.609. The lowest BCUT2D eigenvalue weighted by Crippen LogP contribution is -2.36. The minimum absolute atomic E-state index is 0.128. The molecule has 21 heavy (non-hydrogen) atoms. The van der Waals surface area contributed by atoms with Crippen LogP contribution in [-0.2, 0) is 14.8 Å². The molecule has 7 heteroatoms. The van der Waals surface area contributed by atoms with Gasteiger partial charge >= 0.3 is 0 Å². The molecule has 1 rings (SSSR count). The second kappa shape index (κ2) is 7.02. The van der Waals surface area contributed by atoms with Crippen LogP contribution in [0.1, 0.15) is 20.3 Å². The topological polar surface area (TPSA) is 92.5 Å². The number of hydrogen-bond acceptors (Lipinski definition) is 4. The first-order valence-electron chi connectivity index (χ1n) is 6.73. The molecular formula is C14H23N3O3S. The third kappa shape index (κ3) is 4.80. The molecule has 0 aliphatic heterocycles. The minimum Gasteiger partial charge on any atom is -0.325 e. The summed E-state index contributed by atoms with van der Waals surface area (Å²) in [5, 5.41) is 2.65. The molecule has 1 aromatic carbocycles. The van der Waals surface area contributed by atoms with Crippen LogP contribution in [0.2, 0.25) is 0 Å². The average Bonchev–Trinajstić information content (AvgIpc) is 2.37. The lowest BCUT2D eigenvalue weighted by atomic mass is 10.0. The molecule has 0 fully saturated rings. The van der Waals surface area contributed by atoms with Crippen LogP contribution in [0.25, 0.3) is 0 Å². The maximum atomic E-state index is 12.0. The first-order chi connectivity index (χ1) is 9.64. The summed E-state index contributed by atoms with van der Waals surface area (Å²) in [6.45, 7) is 3.97. The number of amides is 1. The summed E-state index contributed by atoms with van der Waals surface area (Å²) >= 11 is 0. The fourth-order valence-corrected chi connectivity index (χ4v) is 2.74. The number of nitrogens with two attached hydrogens (primary N) is 1. The minimum atomic E-state index is -3.52. The zero-order valence-corrected chi connectivity index (χ0v) is 13.6. The third-order valence-corrected chi connectivity index (χ3v) is 4.75. The van der Waals surface area contributed by atoms with Gasteiger partial charge in [-0.05, 0) is 30.5 Å². The van der Waals surface area contributed by atoms with Crippen molar-refractivity contribution in [2.75, 3.05) is 19.4 Å². The highest BCUT2D eigenvalue weighted by Crippen LogP contribution is 2.18. The summed E-state index contributed by atoms with van der Waals surface area (Å²) in [5.41, 5.74) is 6.22. The second-order valence-corrected chi connectivity index (χ2v) is 7.69. The largest absolute Gasteiger partial charge is 0.325 e. The van der Waals surface area contributed by atoms with Crippen molar-refractivity contribution in [3.8, 4) is 0 Å². The number of nitrogens with one attached hydrogen (secondary N) is 1. The maximum Gasteiger partial charge on any atom is 0.242 e. The first-order valence-corrected chi connectivity index (χ1v) is 8.17. The van der Waals surface area contributed by atoms with E-state index in [0.29, 0.717) is 18.0 Å². The number of sulfonamides is 1. The third-order valence-electron chi connectivity index (χ3n) is 2.94. The van der Waals surface area contributed by atoms with E-state index in [0.717, 1.165) is 4.31 Å². The summed E-state index contributed by atoms with van der Waals surface area (Å²) in [6.07, 6.45) is 0.571. The number of nitrogens with zero attached hydrogens (tertiary/aromatic N) is 1. The van der Waals surface area contributed by atoms with Crippen LogP contribution in [0.3, 0.4) is 0 Å². The molecule has 0 aliphatic rings. The van der Waals surface area contributed by atoms with Gasteiger partial charge in [-0.1, -0.05) is 19.9 Å². The zero-order valence-electron chi connectivity index (χ0n) is 12.8. The van der Waals surface area contributed by atoms with E-state index >= 15 is 0 Å². The monoisotopic (exact) mass is 313 g/mol. The second-order valence-electron chi connectivity index (χ2n) is 5.54. The molecule has 0 aromatic heterocycles. The van der Waals surface area contributed by atoms with Crippen LogP contribution in [0, 0.1) is 5.92 Å². The number of anilines is 1. The number of carbonyl (C=O) groups is 1. The molecule has 1 atom stereocenters. The van der Waals surface area contributed by atoms with Crippen LogP contribution < -0.4 is 11.1 Å². The Morgan fingerprint density at radius 1 is 1.33 bits per heavy atom. The van der Waals surface area contributed by atoms with E-state index in [9.17, 15) is 13.2 Å². The lowest BCUT2D eigenvalue weighted by Gasteiger charge is -2.15. The van der Waals surface area contributed by atoms with Crippen LogP contribution in [0.15, 0.2) is 29.2 Å². The van der Waals surface area contributed by atoms with Crippen molar-refractivity contribution in [2.45, 2.75) is 31.2 Å². The molecule has 0 heterocycles. The van der Waals surface area contributed by atoms with E-state index < -0.39 is 16.1 Å². The van der Waals surface area contributed by atoms with Gasteiger partial charge in [-0.3, -0.25) is 4.79 Å². The maximum absolute atomic E-state index is 12.0. The van der Waals surface area contributed by atoms with Crippen LogP contribution in [0.5, 0.6) is 0 Å². The van der Waals surface area contributed by atoms with Crippen LogP contribution in [-0.4, -0.2) is 38.8 Å². The fourth-order valence-electron chi connectivity index (χ4n) is 1.79. The first kappa shape index (κ1) is 17.6. The number of rotatable bonds is 6. The Morgan fingerprint density at radius 3 is 2.48 bits per heavy atom. The highest BCUT2D eigenvalue weighted by molar-refractivity contribution is 7.89. The summed E-state index contributed by atoms with van der Waals surface area (Å²) in [4.78, 5) is 12.1. The summed E-state index contributed by atoms with van der Waals surface area (Å²) in [6, 6.07) is 5.52. The van der Waals surface area contributed by atoms with Gasteiger partial charge < -0.3 is 11.1 Å². The molecule has 0 saturated carbocycles. The number of benzene rings is 1. The number of hydrogen-bond donors (Lipinski definition) is 2. The van der Waals surface area contributed by atoms with Crippen LogP contribution >= 0.6 is 0 Å². The normalized spacial score (nSPS) is 13.5. The zero-order chi connectivity index (χ0) is 16.2. The van der Waals surface area contributed by atoms with Crippen molar-refractivity contribution in [2.24, 2.45) is 11.7 Å². The lowest BCUT2D eigenvalue weighted by molar-refractivity contribution is -0.117. The van der Waals surface area contributed by atoms with Crippen molar-refractivity contribution in [3.05, 3.63) is 24.3 Å². The van der Waals surface area contributed by atoms with Crippen LogP contribution in [0.4, 0.5) is 5.69 Å². The molecule has 1 aromatic rings. The number of carbonyl (C=O) groups excluding carboxylic acids is 1. The van der Waals surface area contributed by atoms with Gasteiger partial charge in [0, 0.05) is 19.8 Å². The van der Waals surface area contributed by atoms with Gasteiger partial charge in [0.1, 0.15) is 0 Å². The van der Waals surface area contributed by atoms with Gasteiger partial charge in [0.2, 0.25) is 15.9 Å². The predicted molar refractivity (Wildman–Crippen MR) is 83.4 cm³/mol. The van der Waals surface area contributed by atoms with Crippen molar-refractivity contribution >= 4 is 21.6 Å². The van der Waals surface area contributed by atoms with Crippen molar-refractivity contribution in [3.63, 3.8) is 0 Å². The Hall–Kier alpha value is -1.44. The molecule has 0 bridgehead atoms. The Balaban J connectivity index is 2.90. The van der Waals surface area contributed by atoms with Crippen molar-refractivity contribution < 1.29 is 13.2 Å². The van der Waals surface area contributed by atoms with Gasteiger partial charge in [0.05, 0.1) is 10.9 Å². The highest BCUT2D eigenvalue weighted by atomic mass is 32.2. The standard InChI is InChI=1S/C14H23N3O3S/c1-10(2)8-13(15)14(18)16-11-6-5-7-12(9-11)21(19,20)17(3)4/h5-7,9-10,13H,8,15H2,1-4H3,(H,16,18). The molecule has 1 unspecified atom stereocenters. The predicted octanol–water partition coefficient (Wildman–Crippen LogP) is 1.25. The van der Waals surface area contributed by atoms with E-state index in [4.69, 9.17) is 5.73 Å². The molecule has 6 nitrogen and oxygen atoms in total. The summed E-state index contributed by atoms with van der Waals surface area (Å²) < 4.78 is 25.2. The Kier molecular flexibility index (Phi) is 5.88. The van der Waals surface area contributed by atoms with Gasteiger partial charge in [-0.2, -0.15) is 0 Å². The highest BCUT2D eigenvalue weighted by Gasteiger charge is 2.19. The Morgan fingerprint density at radius 2 is 1.95 bits per heavy atom. The molecule has 1 amide bonds. The van der Waals surface area contributed by atoms with E-state index in [1.54, 1.807) is 12.1 Å². The average molecular weight is 313 g/mol. The van der Waals surface area contributed by atoms with Crippen molar-refractivity contribution in [1.82, 2.24) is 4.31 Å². The molecule has 118 valence electrons. The van der Waals surface area contributed by atoms with Gasteiger partial charge in [0.25, 0.3) is 0 Å². The molecule has 0 aliphatic carbocycles. The summed E-state index contributed by atoms with van der Waals surface area (Å²) in [5.74, 6) is -0.00527. The van der Waals surface area contributed by atoms with E-state index in [1.807, 2.05) is 13.8 Å². The molecule has 3 N–H and O–H groups in total. The molecule has 0 saturated heterocycles. The van der Waals surface area contributed by atoms with E-state index in [-0.39, 0.29) is 10.8 Å². The Bertz CT molecular complexity index is 597. The van der Waals surface area contributed by atoms with Crippen molar-refractivity contribution in [1.29, 1.82) is 0 Å². The van der Waals surface area contributed by atoms with Gasteiger partial charge in [0.15, 0.2) is 0 Å². The molecule has 0 spiro atoms. The smallest absolute Gasteiger partial charge is 0.242 e. The molecular weight excluding hydrogens is 290 g/mol. The fraction of sp³-hybridized carbons (Fsp3) is 0.500. The van der Waals surface area contributed by atoms with Gasteiger partial charge in [-0.15, -0.1) is 0 Å². The SMILES string of the molecule is CC(C)CC(N)C(=O)Nc1cccc(S(=O)(=O)N(C)C)c1. The quantitative estimate of drug-likeness (QED) is 0.826. The Labute approximate surface area is 126 Å². The van der Waals surface area contributed by atoms with E-state index in [1.165, 1.54) is 26.2 Å². The van der Waals surface area contributed by atoms with Gasteiger partial charge in [-0.25, -0.2) is 12.7 Å².